The van der Waals surface area contributed by atoms with Gasteiger partial charge in [-0.2, -0.15) is 0 Å². The lowest BCUT2D eigenvalue weighted by Gasteiger charge is -2.19. The molecule has 0 bridgehead atoms. The van der Waals surface area contributed by atoms with E-state index in [4.69, 9.17) is 4.98 Å². The van der Waals surface area contributed by atoms with Crippen molar-refractivity contribution in [1.29, 1.82) is 0 Å². The van der Waals surface area contributed by atoms with Crippen LogP contribution in [0.2, 0.25) is 0 Å². The van der Waals surface area contributed by atoms with Crippen molar-refractivity contribution in [3.05, 3.63) is 29.1 Å². The molecular weight excluding hydrogens is 208 g/mol. The number of pyridine rings is 1. The summed E-state index contributed by atoms with van der Waals surface area (Å²) in [6.45, 7) is 15.1. The Morgan fingerprint density at radius 1 is 1.24 bits per heavy atom. The first kappa shape index (κ1) is 14.2. The largest absolute Gasteiger partial charge is 0.312 e. The normalized spacial score (nSPS) is 12.2. The van der Waals surface area contributed by atoms with Crippen molar-refractivity contribution in [2.24, 2.45) is 5.92 Å². The van der Waals surface area contributed by atoms with Crippen molar-refractivity contribution in [3.63, 3.8) is 0 Å². The molecule has 0 aromatic carbocycles. The van der Waals surface area contributed by atoms with Crippen molar-refractivity contribution in [2.45, 2.75) is 53.5 Å². The Balaban J connectivity index is 2.70. The van der Waals surface area contributed by atoms with Crippen LogP contribution in [-0.2, 0) is 12.0 Å². The van der Waals surface area contributed by atoms with Crippen molar-refractivity contribution < 1.29 is 0 Å². The van der Waals surface area contributed by atoms with Gasteiger partial charge >= 0.3 is 0 Å². The van der Waals surface area contributed by atoms with Crippen LogP contribution in [0.3, 0.4) is 0 Å². The van der Waals surface area contributed by atoms with E-state index in [9.17, 15) is 0 Å². The molecule has 1 heterocycles. The first-order valence-electron chi connectivity index (χ1n) is 6.48. The van der Waals surface area contributed by atoms with Crippen LogP contribution >= 0.6 is 0 Å². The second-order valence-electron chi connectivity index (χ2n) is 6.22. The number of rotatable bonds is 4. The lowest BCUT2D eigenvalue weighted by molar-refractivity contribution is 0.546. The average molecular weight is 234 g/mol. The smallest absolute Gasteiger partial charge is 0.0460 e. The highest BCUT2D eigenvalue weighted by Crippen LogP contribution is 2.21. The van der Waals surface area contributed by atoms with Gasteiger partial charge in [-0.3, -0.25) is 4.98 Å². The van der Waals surface area contributed by atoms with E-state index >= 15 is 0 Å². The van der Waals surface area contributed by atoms with Gasteiger partial charge in [-0.25, -0.2) is 0 Å². The average Bonchev–Trinajstić information content (AvgIpc) is 2.18. The Morgan fingerprint density at radius 2 is 1.88 bits per heavy atom. The number of aromatic nitrogens is 1. The first-order chi connectivity index (χ1) is 7.80. The summed E-state index contributed by atoms with van der Waals surface area (Å²) in [4.78, 5) is 4.70. The fraction of sp³-hybridized carbons (Fsp3) is 0.667. The molecule has 17 heavy (non-hydrogen) atoms. The molecule has 0 fully saturated rings. The molecule has 96 valence electrons. The summed E-state index contributed by atoms with van der Waals surface area (Å²) in [5.74, 6) is 0.692. The van der Waals surface area contributed by atoms with Crippen LogP contribution in [0.1, 0.15) is 51.6 Å². The van der Waals surface area contributed by atoms with Gasteiger partial charge in [0.05, 0.1) is 0 Å². The number of aryl methyl sites for hydroxylation is 1. The van der Waals surface area contributed by atoms with E-state index in [1.165, 1.54) is 11.3 Å². The van der Waals surface area contributed by atoms with Gasteiger partial charge in [0.2, 0.25) is 0 Å². The number of hydrogen-bond donors (Lipinski definition) is 1. The van der Waals surface area contributed by atoms with Gasteiger partial charge in [0.25, 0.3) is 0 Å². The van der Waals surface area contributed by atoms with E-state index < -0.39 is 0 Å². The molecule has 1 aromatic rings. The zero-order valence-corrected chi connectivity index (χ0v) is 12.1. The molecule has 0 aliphatic heterocycles. The van der Waals surface area contributed by atoms with E-state index in [0.29, 0.717) is 5.92 Å². The third-order valence-corrected chi connectivity index (χ3v) is 2.83. The maximum absolute atomic E-state index is 4.70. The Kier molecular flexibility index (Phi) is 4.70. The minimum atomic E-state index is 0.134. The van der Waals surface area contributed by atoms with Crippen LogP contribution in [0.4, 0.5) is 0 Å². The monoisotopic (exact) mass is 234 g/mol. The molecule has 0 saturated carbocycles. The Morgan fingerprint density at radius 3 is 2.35 bits per heavy atom. The number of nitrogens with one attached hydrogen (secondary N) is 1. The van der Waals surface area contributed by atoms with Crippen LogP contribution in [0.15, 0.2) is 12.1 Å². The minimum absolute atomic E-state index is 0.134. The summed E-state index contributed by atoms with van der Waals surface area (Å²) in [6, 6.07) is 4.36. The molecule has 2 nitrogen and oxygen atoms in total. The maximum atomic E-state index is 4.70. The predicted octanol–water partition coefficient (Wildman–Crippen LogP) is 3.43. The fourth-order valence-electron chi connectivity index (χ4n) is 1.69. The molecule has 0 atom stereocenters. The summed E-state index contributed by atoms with van der Waals surface area (Å²) in [5, 5.41) is 3.46. The molecule has 1 rings (SSSR count). The number of hydrogen-bond acceptors (Lipinski definition) is 2. The lowest BCUT2D eigenvalue weighted by atomic mass is 9.91. The van der Waals surface area contributed by atoms with Gasteiger partial charge in [-0.15, -0.1) is 0 Å². The van der Waals surface area contributed by atoms with Crippen LogP contribution in [0.25, 0.3) is 0 Å². The third-order valence-electron chi connectivity index (χ3n) is 2.83. The molecule has 0 spiro atoms. The summed E-state index contributed by atoms with van der Waals surface area (Å²) >= 11 is 0. The maximum Gasteiger partial charge on any atom is 0.0460 e. The molecular formula is C15H26N2. The lowest BCUT2D eigenvalue weighted by Crippen LogP contribution is -2.20. The fourth-order valence-corrected chi connectivity index (χ4v) is 1.69. The summed E-state index contributed by atoms with van der Waals surface area (Å²) < 4.78 is 0. The van der Waals surface area contributed by atoms with Crippen molar-refractivity contribution >= 4 is 0 Å². The molecule has 2 heteroatoms. The van der Waals surface area contributed by atoms with E-state index in [1.807, 2.05) is 0 Å². The van der Waals surface area contributed by atoms with Gasteiger partial charge in [-0.1, -0.05) is 40.7 Å². The Labute approximate surface area is 106 Å². The molecule has 0 unspecified atom stereocenters. The highest BCUT2D eigenvalue weighted by molar-refractivity contribution is 5.25. The molecule has 0 saturated heterocycles. The predicted molar refractivity (Wildman–Crippen MR) is 74.2 cm³/mol. The standard InChI is InChI=1S/C15H26N2/c1-11(2)9-16-10-13-7-8-14(15(4,5)6)17-12(13)3/h7-8,11,16H,9-10H2,1-6H3. The zero-order chi connectivity index (χ0) is 13.1. The molecule has 1 aromatic heterocycles. The Bertz CT molecular complexity index is 362. The quantitative estimate of drug-likeness (QED) is 0.863. The van der Waals surface area contributed by atoms with Crippen molar-refractivity contribution in [2.75, 3.05) is 6.54 Å². The topological polar surface area (TPSA) is 24.9 Å². The van der Waals surface area contributed by atoms with E-state index in [2.05, 4.69) is 59.0 Å². The zero-order valence-electron chi connectivity index (χ0n) is 12.1. The van der Waals surface area contributed by atoms with Gasteiger partial charge < -0.3 is 5.32 Å². The van der Waals surface area contributed by atoms with Crippen molar-refractivity contribution in [3.8, 4) is 0 Å². The summed E-state index contributed by atoms with van der Waals surface area (Å²) in [7, 11) is 0. The molecule has 0 aliphatic rings. The van der Waals surface area contributed by atoms with Gasteiger partial charge in [-0.05, 0) is 31.0 Å². The van der Waals surface area contributed by atoms with Crippen LogP contribution in [0, 0.1) is 12.8 Å². The molecule has 0 aliphatic carbocycles. The van der Waals surface area contributed by atoms with Crippen LogP contribution in [0.5, 0.6) is 0 Å². The molecule has 0 amide bonds. The molecule has 0 radical (unpaired) electrons. The van der Waals surface area contributed by atoms with Crippen LogP contribution < -0.4 is 5.32 Å². The van der Waals surface area contributed by atoms with Crippen LogP contribution in [-0.4, -0.2) is 11.5 Å². The van der Waals surface area contributed by atoms with E-state index in [0.717, 1.165) is 18.8 Å². The van der Waals surface area contributed by atoms with Gasteiger partial charge in [0, 0.05) is 23.3 Å². The Hall–Kier alpha value is -0.890. The second kappa shape index (κ2) is 5.63. The first-order valence-corrected chi connectivity index (χ1v) is 6.48. The number of nitrogens with zero attached hydrogens (tertiary/aromatic N) is 1. The molecule has 1 N–H and O–H groups in total. The summed E-state index contributed by atoms with van der Waals surface area (Å²) in [5.41, 5.74) is 3.75. The summed E-state index contributed by atoms with van der Waals surface area (Å²) in [6.07, 6.45) is 0. The highest BCUT2D eigenvalue weighted by Gasteiger charge is 2.15. The second-order valence-corrected chi connectivity index (χ2v) is 6.22. The van der Waals surface area contributed by atoms with E-state index in [-0.39, 0.29) is 5.41 Å². The van der Waals surface area contributed by atoms with Gasteiger partial charge in [0.1, 0.15) is 0 Å². The third kappa shape index (κ3) is 4.47. The SMILES string of the molecule is Cc1nc(C(C)(C)C)ccc1CNCC(C)C. The highest BCUT2D eigenvalue weighted by atomic mass is 14.9. The van der Waals surface area contributed by atoms with Crippen molar-refractivity contribution in [1.82, 2.24) is 10.3 Å². The van der Waals surface area contributed by atoms with E-state index in [1.54, 1.807) is 0 Å². The minimum Gasteiger partial charge on any atom is -0.312 e. The van der Waals surface area contributed by atoms with Gasteiger partial charge in [0.15, 0.2) is 0 Å².